The van der Waals surface area contributed by atoms with Gasteiger partial charge in [-0.1, -0.05) is 178 Å². The zero-order valence-corrected chi connectivity index (χ0v) is 79.4. The molecule has 31 heteroatoms. The highest BCUT2D eigenvalue weighted by atomic mass is 32.2. The number of aryl methyl sites for hydroxylation is 1. The number of para-hydroxylation sites is 4. The molecule has 9 aromatic carbocycles. The van der Waals surface area contributed by atoms with Crippen LogP contribution < -0.4 is 38.5 Å². The molecule has 684 valence electrons. The first-order valence-corrected chi connectivity index (χ1v) is 52.3. The standard InChI is InChI=1S/2C24H32N2O5S2.C24H32N2O4S.C24H26N2O3S/c2*1-4-31-23(27)13-7-5-6-10-16-25-24-19-11-8-9-12-21(19)26(2)33(29,30)22-17-18(32(3)28)14-15-20(22)24;1-4-30-23(27)13-7-5-6-10-16-25-24-19-11-8-9-12-21(19)26(3)31(28,29)22-17-18(2)14-15-20(22)24;1-26-22-12-7-6-11-20(22)24(25-15-8-16-29-2)21-14-13-19(17-23(21)30(26,27)28)18-9-4-3-5-10-18/h2*8-9,11-12,14-15,17,24-25H,4-7,10,13,16H2,1-3H3;8-9,11-12,14-15,17,24-25H,4-7,10,13,16H2,1-3H3;3-7,9-14,17,24-25H,8,15-16H2,1-2H3. The lowest BCUT2D eigenvalue weighted by Gasteiger charge is -2.22. The summed E-state index contributed by atoms with van der Waals surface area (Å²) in [7, 11) is -9.48. The van der Waals surface area contributed by atoms with Crippen LogP contribution in [0.1, 0.15) is 198 Å². The van der Waals surface area contributed by atoms with E-state index >= 15 is 0 Å². The number of methoxy groups -OCH3 is 1. The molecule has 0 fully saturated rings. The lowest BCUT2D eigenvalue weighted by Crippen LogP contribution is -2.26. The number of unbranched alkanes of at least 4 members (excludes halogenated alkanes) is 9. The second-order valence-electron chi connectivity index (χ2n) is 31.4. The zero-order chi connectivity index (χ0) is 91.6. The van der Waals surface area contributed by atoms with Crippen LogP contribution in [0.3, 0.4) is 0 Å². The van der Waals surface area contributed by atoms with E-state index in [1.54, 1.807) is 98.1 Å². The van der Waals surface area contributed by atoms with Gasteiger partial charge in [0.05, 0.1) is 86.3 Å². The van der Waals surface area contributed by atoms with Crippen molar-refractivity contribution in [3.63, 3.8) is 0 Å². The van der Waals surface area contributed by atoms with E-state index in [2.05, 4.69) is 21.3 Å². The van der Waals surface area contributed by atoms with Gasteiger partial charge in [0, 0.05) is 105 Å². The van der Waals surface area contributed by atoms with Gasteiger partial charge < -0.3 is 40.2 Å². The summed E-state index contributed by atoms with van der Waals surface area (Å²) in [5, 5.41) is 14.2. The third-order valence-electron chi connectivity index (χ3n) is 22.8. The van der Waals surface area contributed by atoms with Gasteiger partial charge in [-0.3, -0.25) is 40.0 Å². The number of nitrogens with zero attached hydrogens (tertiary/aromatic N) is 4. The van der Waals surface area contributed by atoms with Crippen molar-refractivity contribution in [2.45, 2.75) is 184 Å². The fraction of sp³-hybridized carbons (Fsp3) is 0.406. The number of fused-ring (bicyclic) bond motifs is 8. The van der Waals surface area contributed by atoms with E-state index in [0.29, 0.717) is 112 Å². The molecule has 25 nitrogen and oxygen atoms in total. The predicted molar refractivity (Wildman–Crippen MR) is 504 cm³/mol. The summed E-state index contributed by atoms with van der Waals surface area (Å²) < 4.78 is 157. The zero-order valence-electron chi connectivity index (χ0n) is 74.5. The Bertz CT molecular complexity index is 5610. The summed E-state index contributed by atoms with van der Waals surface area (Å²) in [4.78, 5) is 36.3. The molecular weight excluding hydrogens is 1730 g/mol. The number of hydrogen-bond acceptors (Lipinski definition) is 21. The van der Waals surface area contributed by atoms with E-state index in [4.69, 9.17) is 18.9 Å². The molecule has 4 N–H and O–H groups in total. The Morgan fingerprint density at radius 3 is 0.937 bits per heavy atom. The number of nitrogens with one attached hydrogen (secondary N) is 4. The predicted octanol–water partition coefficient (Wildman–Crippen LogP) is 16.0. The Morgan fingerprint density at radius 1 is 0.331 bits per heavy atom. The summed E-state index contributed by atoms with van der Waals surface area (Å²) in [5.41, 5.74) is 12.0. The Kier molecular flexibility index (Phi) is 37.0. The van der Waals surface area contributed by atoms with Crippen LogP contribution in [-0.2, 0) is 95.0 Å². The van der Waals surface area contributed by atoms with E-state index in [1.807, 2.05) is 166 Å². The minimum absolute atomic E-state index is 0.132. The molecular formula is C96H122N8O17S6. The molecule has 0 bridgehead atoms. The third kappa shape index (κ3) is 24.9. The van der Waals surface area contributed by atoms with Gasteiger partial charge >= 0.3 is 17.9 Å². The molecule has 4 aliphatic heterocycles. The van der Waals surface area contributed by atoms with E-state index in [0.717, 1.165) is 147 Å². The molecule has 0 saturated carbocycles. The molecule has 13 rings (SSSR count). The molecule has 0 saturated heterocycles. The molecule has 0 spiro atoms. The number of sulfonamides is 4. The van der Waals surface area contributed by atoms with Crippen LogP contribution in [0.5, 0.6) is 0 Å². The molecule has 9 aromatic rings. The number of rotatable bonds is 35. The highest BCUT2D eigenvalue weighted by Gasteiger charge is 2.40. The largest absolute Gasteiger partial charge is 0.466 e. The van der Waals surface area contributed by atoms with Gasteiger partial charge in [0.15, 0.2) is 0 Å². The highest BCUT2D eigenvalue weighted by Crippen LogP contribution is 2.46. The average molecular weight is 1850 g/mol. The lowest BCUT2D eigenvalue weighted by molar-refractivity contribution is -0.144. The normalized spacial score (nSPS) is 17.3. The number of ether oxygens (including phenoxy) is 4. The summed E-state index contributed by atoms with van der Waals surface area (Å²) in [6, 6.07) is 60.6. The second-order valence-corrected chi connectivity index (χ2v) is 41.9. The quantitative estimate of drug-likeness (QED) is 0.0163. The van der Waals surface area contributed by atoms with Crippen LogP contribution in [0, 0.1) is 6.92 Å². The van der Waals surface area contributed by atoms with E-state index < -0.39 is 61.7 Å². The second kappa shape index (κ2) is 47.2. The molecule has 4 aliphatic rings. The van der Waals surface area contributed by atoms with Gasteiger partial charge in [0.1, 0.15) is 0 Å². The number of esters is 3. The average Bonchev–Trinajstić information content (AvgIpc) is 1.65. The lowest BCUT2D eigenvalue weighted by atomic mass is 9.94. The fourth-order valence-corrected chi connectivity index (χ4v) is 23.3. The summed E-state index contributed by atoms with van der Waals surface area (Å²) >= 11 is 0. The first kappa shape index (κ1) is 99.6. The monoisotopic (exact) mass is 1850 g/mol. The number of carbonyl (C=O) groups excluding carboxylic acids is 3. The molecule has 4 heterocycles. The Labute approximate surface area is 756 Å². The third-order valence-corrected chi connectivity index (χ3v) is 32.0. The van der Waals surface area contributed by atoms with Gasteiger partial charge in [-0.15, -0.1) is 0 Å². The van der Waals surface area contributed by atoms with Gasteiger partial charge in [-0.05, 0) is 221 Å². The van der Waals surface area contributed by atoms with Crippen molar-refractivity contribution in [3.8, 4) is 11.1 Å². The molecule has 0 aromatic heterocycles. The SMILES string of the molecule is CCOC(=O)CCCCCCNC1c2ccccc2N(C)S(=O)(=O)c2cc(C)ccc21.CCOC(=O)CCCCCCNC1c2ccccc2N(C)S(=O)(=O)c2cc(S(C)=O)ccc21.CCOC(=O)CCCCCCNC1c2ccccc2N(C)S(=O)(=O)c2cc(S(C)=O)ccc21.COCCCNC1c2ccccc2N(C)S(=O)(=O)c2cc(-c3ccccc3)ccc21. The first-order chi connectivity index (χ1) is 60.9. The fourth-order valence-electron chi connectivity index (χ4n) is 16.1. The maximum atomic E-state index is 13.6. The Hall–Kier alpha value is -9.51. The first-order valence-electron chi connectivity index (χ1n) is 43.4. The minimum atomic E-state index is -3.80. The molecule has 0 amide bonds. The van der Waals surface area contributed by atoms with Crippen LogP contribution in [0.25, 0.3) is 11.1 Å². The number of benzene rings is 9. The molecule has 127 heavy (non-hydrogen) atoms. The summed E-state index contributed by atoms with van der Waals surface area (Å²) in [6.07, 6.45) is 16.2. The molecule has 0 aliphatic carbocycles. The summed E-state index contributed by atoms with van der Waals surface area (Å²) in [6.45, 7) is 12.1. The van der Waals surface area contributed by atoms with E-state index in [9.17, 15) is 56.5 Å². The van der Waals surface area contributed by atoms with Crippen molar-refractivity contribution in [1.29, 1.82) is 0 Å². The van der Waals surface area contributed by atoms with Crippen LogP contribution >= 0.6 is 0 Å². The van der Waals surface area contributed by atoms with Gasteiger partial charge in [-0.2, -0.15) is 0 Å². The maximum Gasteiger partial charge on any atom is 0.305 e. The van der Waals surface area contributed by atoms with Gasteiger partial charge in [-0.25, -0.2) is 33.7 Å². The van der Waals surface area contributed by atoms with Crippen molar-refractivity contribution < 1.29 is 75.4 Å². The van der Waals surface area contributed by atoms with Crippen LogP contribution in [0.2, 0.25) is 0 Å². The van der Waals surface area contributed by atoms with E-state index in [1.165, 1.54) is 29.4 Å². The molecule has 6 unspecified atom stereocenters. The Balaban J connectivity index is 0.000000177. The van der Waals surface area contributed by atoms with Crippen molar-refractivity contribution in [2.75, 3.05) is 118 Å². The van der Waals surface area contributed by atoms with Gasteiger partial charge in [0.25, 0.3) is 40.1 Å². The number of anilines is 4. The van der Waals surface area contributed by atoms with Gasteiger partial charge in [0.2, 0.25) is 0 Å². The van der Waals surface area contributed by atoms with Crippen LogP contribution in [0.15, 0.2) is 230 Å². The van der Waals surface area contributed by atoms with Crippen molar-refractivity contribution in [1.82, 2.24) is 21.3 Å². The molecule has 6 atom stereocenters. The molecule has 0 radical (unpaired) electrons. The van der Waals surface area contributed by atoms with Crippen molar-refractivity contribution in [3.05, 3.63) is 250 Å². The van der Waals surface area contributed by atoms with E-state index in [-0.39, 0.29) is 51.9 Å². The smallest absolute Gasteiger partial charge is 0.305 e. The topological polar surface area (TPSA) is 320 Å². The van der Waals surface area contributed by atoms with Crippen LogP contribution in [0.4, 0.5) is 22.7 Å². The highest BCUT2D eigenvalue weighted by molar-refractivity contribution is 7.94. The number of hydrogen-bond donors (Lipinski definition) is 4. The summed E-state index contributed by atoms with van der Waals surface area (Å²) in [5.74, 6) is -0.437. The minimum Gasteiger partial charge on any atom is -0.466 e. The van der Waals surface area contributed by atoms with Crippen molar-refractivity contribution in [2.24, 2.45) is 0 Å². The maximum absolute atomic E-state index is 13.6. The number of carbonyl (C=O) groups is 3. The van der Waals surface area contributed by atoms with Crippen LogP contribution in [-0.4, -0.2) is 160 Å². The Morgan fingerprint density at radius 2 is 0.614 bits per heavy atom. The van der Waals surface area contributed by atoms with Crippen molar-refractivity contribution >= 4 is 102 Å².